The van der Waals surface area contributed by atoms with Gasteiger partial charge in [-0.3, -0.25) is 20.2 Å². The average molecular weight is 338 g/mol. The number of esters is 1. The number of nitrogens with zero attached hydrogens (tertiary/aromatic N) is 1. The van der Waals surface area contributed by atoms with Crippen LogP contribution < -0.4 is 5.32 Å². The molecule has 9 nitrogen and oxygen atoms in total. The Labute approximate surface area is 138 Å². The van der Waals surface area contributed by atoms with Crippen molar-refractivity contribution in [1.82, 2.24) is 5.32 Å². The maximum absolute atomic E-state index is 12.1. The lowest BCUT2D eigenvalue weighted by atomic mass is 10.1. The molecule has 0 spiro atoms. The molecule has 0 saturated heterocycles. The molecule has 0 aliphatic rings. The standard InChI is InChI=1S/C15H18N2O7/c1-4-13(19)24-15(22-2,23-3)14(17(20)21)16-12(18)10-11-8-6-5-7-9-11/h4-9,14H,1,10H2,2-3H3,(H,16,18). The number of carbonyl (C=O) groups is 2. The summed E-state index contributed by atoms with van der Waals surface area (Å²) in [5.74, 6) is -4.11. The molecule has 0 aromatic heterocycles. The monoisotopic (exact) mass is 338 g/mol. The lowest BCUT2D eigenvalue weighted by molar-refractivity contribution is -0.595. The van der Waals surface area contributed by atoms with Gasteiger partial charge in [0.15, 0.2) is 0 Å². The molecule has 0 heterocycles. The number of hydrogen-bond donors (Lipinski definition) is 1. The molecular formula is C15H18N2O7. The highest BCUT2D eigenvalue weighted by atomic mass is 16.9. The van der Waals surface area contributed by atoms with Gasteiger partial charge in [0.05, 0.1) is 11.3 Å². The van der Waals surface area contributed by atoms with E-state index in [4.69, 9.17) is 14.2 Å². The Morgan fingerprint density at radius 3 is 2.38 bits per heavy atom. The van der Waals surface area contributed by atoms with Crippen molar-refractivity contribution in [2.45, 2.75) is 18.6 Å². The average Bonchev–Trinajstić information content (AvgIpc) is 2.58. The van der Waals surface area contributed by atoms with E-state index in [-0.39, 0.29) is 6.42 Å². The summed E-state index contributed by atoms with van der Waals surface area (Å²) in [5, 5.41) is 13.5. The van der Waals surface area contributed by atoms with Crippen LogP contribution >= 0.6 is 0 Å². The molecule has 24 heavy (non-hydrogen) atoms. The molecular weight excluding hydrogens is 320 g/mol. The first-order chi connectivity index (χ1) is 11.4. The Morgan fingerprint density at radius 1 is 1.33 bits per heavy atom. The number of carbonyl (C=O) groups excluding carboxylic acids is 2. The van der Waals surface area contributed by atoms with Crippen molar-refractivity contribution in [2.75, 3.05) is 14.2 Å². The molecule has 0 saturated carbocycles. The predicted octanol–water partition coefficient (Wildman–Crippen LogP) is 0.624. The zero-order chi connectivity index (χ0) is 18.2. The fourth-order valence-corrected chi connectivity index (χ4v) is 1.88. The van der Waals surface area contributed by atoms with Crippen LogP contribution in [0.3, 0.4) is 0 Å². The summed E-state index contributed by atoms with van der Waals surface area (Å²) in [5.41, 5.74) is 0.653. The molecule has 0 radical (unpaired) electrons. The molecule has 0 aliphatic heterocycles. The van der Waals surface area contributed by atoms with Gasteiger partial charge in [0.2, 0.25) is 5.91 Å². The quantitative estimate of drug-likeness (QED) is 0.231. The van der Waals surface area contributed by atoms with Crippen molar-refractivity contribution in [2.24, 2.45) is 0 Å². The summed E-state index contributed by atoms with van der Waals surface area (Å²) >= 11 is 0. The highest BCUT2D eigenvalue weighted by molar-refractivity contribution is 5.81. The predicted molar refractivity (Wildman–Crippen MR) is 82.1 cm³/mol. The van der Waals surface area contributed by atoms with E-state index in [1.54, 1.807) is 30.3 Å². The number of nitro groups is 1. The Hall–Kier alpha value is -2.78. The lowest BCUT2D eigenvalue weighted by Gasteiger charge is -2.30. The Bertz CT molecular complexity index is 599. The summed E-state index contributed by atoms with van der Waals surface area (Å²) in [6.07, 6.45) is -1.30. The molecule has 0 aliphatic carbocycles. The summed E-state index contributed by atoms with van der Waals surface area (Å²) in [4.78, 5) is 33.9. The van der Waals surface area contributed by atoms with Gasteiger partial charge < -0.3 is 14.2 Å². The highest BCUT2D eigenvalue weighted by Gasteiger charge is 2.54. The third-order valence-corrected chi connectivity index (χ3v) is 3.03. The molecule has 130 valence electrons. The smallest absolute Gasteiger partial charge is 0.397 e. The van der Waals surface area contributed by atoms with Gasteiger partial charge >= 0.3 is 18.1 Å². The number of rotatable bonds is 9. The van der Waals surface area contributed by atoms with E-state index < -0.39 is 28.9 Å². The molecule has 0 fully saturated rings. The van der Waals surface area contributed by atoms with Crippen molar-refractivity contribution in [3.63, 3.8) is 0 Å². The van der Waals surface area contributed by atoms with Gasteiger partial charge in [-0.25, -0.2) is 4.79 Å². The van der Waals surface area contributed by atoms with E-state index in [0.29, 0.717) is 5.56 Å². The maximum atomic E-state index is 12.1. The van der Waals surface area contributed by atoms with E-state index in [1.807, 2.05) is 0 Å². The molecule has 1 aromatic carbocycles. The number of ether oxygens (including phenoxy) is 3. The van der Waals surface area contributed by atoms with Crippen LogP contribution in [0.4, 0.5) is 0 Å². The van der Waals surface area contributed by atoms with Crippen LogP contribution in [-0.2, 0) is 30.2 Å². The van der Waals surface area contributed by atoms with Gasteiger partial charge in [0.25, 0.3) is 0 Å². The molecule has 1 rings (SSSR count). The zero-order valence-corrected chi connectivity index (χ0v) is 13.3. The van der Waals surface area contributed by atoms with Crippen LogP contribution in [0.5, 0.6) is 0 Å². The second-order valence-corrected chi connectivity index (χ2v) is 4.55. The van der Waals surface area contributed by atoms with Crippen LogP contribution in [-0.4, -0.2) is 43.2 Å². The van der Waals surface area contributed by atoms with E-state index in [9.17, 15) is 19.7 Å². The molecule has 0 bridgehead atoms. The number of methoxy groups -OCH3 is 2. The number of hydrogen-bond acceptors (Lipinski definition) is 7. The van der Waals surface area contributed by atoms with Crippen molar-refractivity contribution < 1.29 is 28.7 Å². The minimum Gasteiger partial charge on any atom is -0.397 e. The van der Waals surface area contributed by atoms with Crippen molar-refractivity contribution >= 4 is 11.9 Å². The van der Waals surface area contributed by atoms with Gasteiger partial charge in [-0.05, 0) is 5.56 Å². The first-order valence-corrected chi connectivity index (χ1v) is 6.81. The number of benzene rings is 1. The second kappa shape index (κ2) is 8.75. The van der Waals surface area contributed by atoms with Gasteiger partial charge in [0, 0.05) is 20.3 Å². The first kappa shape index (κ1) is 19.3. The van der Waals surface area contributed by atoms with Crippen molar-refractivity contribution in [3.8, 4) is 0 Å². The van der Waals surface area contributed by atoms with Crippen LogP contribution in [0.1, 0.15) is 5.56 Å². The van der Waals surface area contributed by atoms with Crippen LogP contribution in [0.15, 0.2) is 43.0 Å². The fourth-order valence-electron chi connectivity index (χ4n) is 1.88. The van der Waals surface area contributed by atoms with E-state index >= 15 is 0 Å². The van der Waals surface area contributed by atoms with Crippen molar-refractivity contribution in [1.29, 1.82) is 0 Å². The van der Waals surface area contributed by atoms with E-state index in [2.05, 4.69) is 11.9 Å². The van der Waals surface area contributed by atoms with Crippen LogP contribution in [0, 0.1) is 10.1 Å². The summed E-state index contributed by atoms with van der Waals surface area (Å²) in [6, 6.07) is 8.62. The molecule has 1 unspecified atom stereocenters. The summed E-state index contributed by atoms with van der Waals surface area (Å²) in [6.45, 7) is 3.19. The minimum atomic E-state index is -2.43. The van der Waals surface area contributed by atoms with Gasteiger partial charge in [-0.1, -0.05) is 36.9 Å². The van der Waals surface area contributed by atoms with Gasteiger partial charge in [-0.2, -0.15) is 0 Å². The fraction of sp³-hybridized carbons (Fsp3) is 0.333. The zero-order valence-electron chi connectivity index (χ0n) is 13.3. The number of nitrogens with one attached hydrogen (secondary N) is 1. The molecule has 1 amide bonds. The molecule has 1 N–H and O–H groups in total. The Balaban J connectivity index is 2.97. The summed E-state index contributed by atoms with van der Waals surface area (Å²) in [7, 11) is 2.08. The largest absolute Gasteiger partial charge is 0.422 e. The Kier molecular flexibility index (Phi) is 7.02. The normalized spacial score (nSPS) is 12.1. The van der Waals surface area contributed by atoms with Crippen molar-refractivity contribution in [3.05, 3.63) is 58.7 Å². The van der Waals surface area contributed by atoms with Crippen LogP contribution in [0.25, 0.3) is 0 Å². The molecule has 1 aromatic rings. The topological polar surface area (TPSA) is 117 Å². The first-order valence-electron chi connectivity index (χ1n) is 6.81. The second-order valence-electron chi connectivity index (χ2n) is 4.55. The third kappa shape index (κ3) is 4.86. The number of amides is 1. The van der Waals surface area contributed by atoms with Crippen LogP contribution in [0.2, 0.25) is 0 Å². The molecule has 9 heteroatoms. The third-order valence-electron chi connectivity index (χ3n) is 3.03. The lowest BCUT2D eigenvalue weighted by Crippen LogP contribution is -2.61. The maximum Gasteiger partial charge on any atom is 0.422 e. The van der Waals surface area contributed by atoms with E-state index in [0.717, 1.165) is 20.3 Å². The van der Waals surface area contributed by atoms with E-state index in [1.165, 1.54) is 0 Å². The summed E-state index contributed by atoms with van der Waals surface area (Å²) < 4.78 is 14.5. The highest BCUT2D eigenvalue weighted by Crippen LogP contribution is 2.20. The SMILES string of the molecule is C=CC(=O)OC(OC)(OC)C(NC(=O)Cc1ccccc1)[N+](=O)[O-]. The van der Waals surface area contributed by atoms with Gasteiger partial charge in [-0.15, -0.1) is 0 Å². The Morgan fingerprint density at radius 2 is 1.92 bits per heavy atom. The molecule has 1 atom stereocenters. The minimum absolute atomic E-state index is 0.107. The van der Waals surface area contributed by atoms with Gasteiger partial charge in [0.1, 0.15) is 0 Å².